The Morgan fingerprint density at radius 1 is 1.47 bits per heavy atom. The van der Waals surface area contributed by atoms with Crippen molar-refractivity contribution in [1.82, 2.24) is 4.98 Å². The number of thiazole rings is 1. The maximum atomic E-state index is 6.02. The summed E-state index contributed by atoms with van der Waals surface area (Å²) in [5.74, 6) is 0.670. The van der Waals surface area contributed by atoms with Gasteiger partial charge in [-0.25, -0.2) is 4.98 Å². The van der Waals surface area contributed by atoms with Gasteiger partial charge in [-0.2, -0.15) is 0 Å². The van der Waals surface area contributed by atoms with Gasteiger partial charge in [0.05, 0.1) is 12.1 Å². The highest BCUT2D eigenvalue weighted by Gasteiger charge is 2.06. The van der Waals surface area contributed by atoms with Crippen LogP contribution in [0.2, 0.25) is 5.02 Å². The Bertz CT molecular complexity index is 484. The smallest absolute Gasteiger partial charge is 0.137 e. The molecule has 1 aromatic heterocycles. The lowest BCUT2D eigenvalue weighted by atomic mass is 10.2. The minimum Gasteiger partial charge on any atom is -0.495 e. The van der Waals surface area contributed by atoms with Crippen molar-refractivity contribution in [2.45, 2.75) is 5.03 Å². The maximum Gasteiger partial charge on any atom is 0.137 e. The van der Waals surface area contributed by atoms with Gasteiger partial charge in [0.2, 0.25) is 0 Å². The topological polar surface area (TPSA) is 22.1 Å². The molecule has 0 N–H and O–H groups in total. The zero-order valence-corrected chi connectivity index (χ0v) is 10.4. The summed E-state index contributed by atoms with van der Waals surface area (Å²) in [6.07, 6.45) is 0. The lowest BCUT2D eigenvalue weighted by Crippen LogP contribution is -1.84. The van der Waals surface area contributed by atoms with Gasteiger partial charge in [0.1, 0.15) is 15.8 Å². The molecular weight excluding hydrogens is 250 g/mol. The molecule has 0 spiro atoms. The third-order valence-corrected chi connectivity index (χ3v) is 3.48. The molecule has 78 valence electrons. The predicted octanol–water partition coefficient (Wildman–Crippen LogP) is 3.76. The lowest BCUT2D eigenvalue weighted by molar-refractivity contribution is 0.415. The molecule has 0 atom stereocenters. The molecule has 1 aromatic carbocycles. The normalized spacial score (nSPS) is 10.3. The first-order chi connectivity index (χ1) is 7.20. The molecule has 15 heavy (non-hydrogen) atoms. The van der Waals surface area contributed by atoms with Gasteiger partial charge in [0.25, 0.3) is 0 Å². The zero-order valence-electron chi connectivity index (χ0n) is 7.90. The fraction of sp³-hybridized carbons (Fsp3) is 0.100. The number of aromatic nitrogens is 1. The number of benzene rings is 1. The van der Waals surface area contributed by atoms with E-state index in [4.69, 9.17) is 16.3 Å². The molecule has 0 aliphatic rings. The van der Waals surface area contributed by atoms with Crippen LogP contribution in [0.15, 0.2) is 28.6 Å². The summed E-state index contributed by atoms with van der Waals surface area (Å²) in [7, 11) is 1.59. The SMILES string of the molecule is COc1ccc(-c2nc(S)cs2)cc1Cl. The molecule has 2 aromatic rings. The van der Waals surface area contributed by atoms with E-state index in [1.165, 1.54) is 11.3 Å². The minimum atomic E-state index is 0.589. The van der Waals surface area contributed by atoms with E-state index in [1.54, 1.807) is 7.11 Å². The van der Waals surface area contributed by atoms with Crippen molar-refractivity contribution in [3.05, 3.63) is 28.6 Å². The number of methoxy groups -OCH3 is 1. The number of halogens is 1. The highest BCUT2D eigenvalue weighted by atomic mass is 35.5. The Kier molecular flexibility index (Phi) is 3.19. The third-order valence-electron chi connectivity index (χ3n) is 1.89. The largest absolute Gasteiger partial charge is 0.495 e. The molecule has 0 radical (unpaired) electrons. The Morgan fingerprint density at radius 2 is 2.27 bits per heavy atom. The molecular formula is C10H8ClNOS2. The van der Waals surface area contributed by atoms with Gasteiger partial charge in [-0.3, -0.25) is 0 Å². The Hall–Kier alpha value is -0.710. The number of nitrogens with zero attached hydrogens (tertiary/aromatic N) is 1. The Labute approximate surface area is 102 Å². The summed E-state index contributed by atoms with van der Waals surface area (Å²) in [6, 6.07) is 5.60. The molecule has 0 bridgehead atoms. The molecule has 0 aliphatic heterocycles. The van der Waals surface area contributed by atoms with Gasteiger partial charge in [-0.15, -0.1) is 24.0 Å². The molecule has 0 saturated heterocycles. The van der Waals surface area contributed by atoms with E-state index in [-0.39, 0.29) is 0 Å². The van der Waals surface area contributed by atoms with Crippen LogP contribution >= 0.6 is 35.6 Å². The quantitative estimate of drug-likeness (QED) is 0.828. The van der Waals surface area contributed by atoms with Gasteiger partial charge in [0, 0.05) is 10.9 Å². The van der Waals surface area contributed by atoms with Crippen LogP contribution in [0.5, 0.6) is 5.75 Å². The molecule has 0 fully saturated rings. The average Bonchev–Trinajstić information content (AvgIpc) is 2.65. The highest BCUT2D eigenvalue weighted by Crippen LogP contribution is 2.31. The molecule has 0 aliphatic carbocycles. The van der Waals surface area contributed by atoms with Crippen LogP contribution in [0, 0.1) is 0 Å². The molecule has 2 nitrogen and oxygen atoms in total. The molecule has 2 rings (SSSR count). The summed E-state index contributed by atoms with van der Waals surface area (Å²) in [4.78, 5) is 4.26. The van der Waals surface area contributed by atoms with Gasteiger partial charge >= 0.3 is 0 Å². The van der Waals surface area contributed by atoms with Crippen LogP contribution in [-0.4, -0.2) is 12.1 Å². The van der Waals surface area contributed by atoms with Crippen LogP contribution < -0.4 is 4.74 Å². The van der Waals surface area contributed by atoms with Gasteiger partial charge in [-0.1, -0.05) is 11.6 Å². The fourth-order valence-corrected chi connectivity index (χ4v) is 2.46. The summed E-state index contributed by atoms with van der Waals surface area (Å²) in [5, 5.41) is 4.11. The first kappa shape index (κ1) is 10.8. The zero-order chi connectivity index (χ0) is 10.8. The average molecular weight is 258 g/mol. The van der Waals surface area contributed by atoms with E-state index in [0.29, 0.717) is 10.8 Å². The van der Waals surface area contributed by atoms with Crippen molar-refractivity contribution in [2.24, 2.45) is 0 Å². The maximum absolute atomic E-state index is 6.02. The van der Waals surface area contributed by atoms with Gasteiger partial charge < -0.3 is 4.74 Å². The van der Waals surface area contributed by atoms with E-state index < -0.39 is 0 Å². The van der Waals surface area contributed by atoms with E-state index in [2.05, 4.69) is 17.6 Å². The van der Waals surface area contributed by atoms with Crippen molar-refractivity contribution in [2.75, 3.05) is 7.11 Å². The van der Waals surface area contributed by atoms with E-state index >= 15 is 0 Å². The summed E-state index contributed by atoms with van der Waals surface area (Å²) >= 11 is 11.7. The van der Waals surface area contributed by atoms with Crippen molar-refractivity contribution < 1.29 is 4.74 Å². The number of hydrogen-bond acceptors (Lipinski definition) is 4. The third kappa shape index (κ3) is 2.27. The molecule has 0 unspecified atom stereocenters. The fourth-order valence-electron chi connectivity index (χ4n) is 1.20. The number of rotatable bonds is 2. The van der Waals surface area contributed by atoms with Crippen LogP contribution in [0.25, 0.3) is 10.6 Å². The van der Waals surface area contributed by atoms with Gasteiger partial charge in [0.15, 0.2) is 0 Å². The highest BCUT2D eigenvalue weighted by molar-refractivity contribution is 7.80. The van der Waals surface area contributed by atoms with E-state index in [0.717, 1.165) is 15.6 Å². The van der Waals surface area contributed by atoms with Crippen molar-refractivity contribution in [3.63, 3.8) is 0 Å². The van der Waals surface area contributed by atoms with Crippen molar-refractivity contribution in [3.8, 4) is 16.3 Å². The van der Waals surface area contributed by atoms with E-state index in [9.17, 15) is 0 Å². The second-order valence-corrected chi connectivity index (χ2v) is 4.58. The first-order valence-electron chi connectivity index (χ1n) is 4.19. The van der Waals surface area contributed by atoms with Gasteiger partial charge in [-0.05, 0) is 18.2 Å². The second-order valence-electron chi connectivity index (χ2n) is 2.86. The summed E-state index contributed by atoms with van der Waals surface area (Å²) < 4.78 is 5.08. The molecule has 0 amide bonds. The standard InChI is InChI=1S/C10H8ClNOS2/c1-13-8-3-2-6(4-7(8)11)10-12-9(14)5-15-10/h2-5,14H,1H3. The number of ether oxygens (including phenoxy) is 1. The van der Waals surface area contributed by atoms with Crippen LogP contribution in [0.1, 0.15) is 0 Å². The predicted molar refractivity (Wildman–Crippen MR) is 66.4 cm³/mol. The van der Waals surface area contributed by atoms with Crippen LogP contribution in [0.4, 0.5) is 0 Å². The number of hydrogen-bond donors (Lipinski definition) is 1. The monoisotopic (exact) mass is 257 g/mol. The minimum absolute atomic E-state index is 0.589. The lowest BCUT2D eigenvalue weighted by Gasteiger charge is -2.03. The van der Waals surface area contributed by atoms with E-state index in [1.807, 2.05) is 23.6 Å². The number of thiol groups is 1. The first-order valence-corrected chi connectivity index (χ1v) is 5.89. The summed E-state index contributed by atoms with van der Waals surface area (Å²) in [6.45, 7) is 0. The molecule has 0 saturated carbocycles. The van der Waals surface area contributed by atoms with Crippen molar-refractivity contribution >= 4 is 35.6 Å². The Balaban J connectivity index is 2.42. The van der Waals surface area contributed by atoms with Crippen molar-refractivity contribution in [1.29, 1.82) is 0 Å². The molecule has 5 heteroatoms. The second kappa shape index (κ2) is 4.43. The summed E-state index contributed by atoms with van der Waals surface area (Å²) in [5.41, 5.74) is 0.978. The molecule has 1 heterocycles. The Morgan fingerprint density at radius 3 is 2.80 bits per heavy atom. The van der Waals surface area contributed by atoms with Crippen LogP contribution in [0.3, 0.4) is 0 Å². The van der Waals surface area contributed by atoms with Crippen LogP contribution in [-0.2, 0) is 0 Å².